The van der Waals surface area contributed by atoms with Gasteiger partial charge < -0.3 is 15.1 Å². The van der Waals surface area contributed by atoms with Gasteiger partial charge in [-0.05, 0) is 39.1 Å². The highest BCUT2D eigenvalue weighted by Crippen LogP contribution is 2.21. The van der Waals surface area contributed by atoms with Crippen LogP contribution in [0.1, 0.15) is 12.8 Å². The Morgan fingerprint density at radius 1 is 1.36 bits per heavy atom. The molecule has 1 aromatic heterocycles. The highest BCUT2D eigenvalue weighted by Gasteiger charge is 2.21. The van der Waals surface area contributed by atoms with Gasteiger partial charge in [0.15, 0.2) is 9.84 Å². The van der Waals surface area contributed by atoms with E-state index in [9.17, 15) is 8.42 Å². The average molecular weight is 326 g/mol. The Bertz CT molecular complexity index is 581. The summed E-state index contributed by atoms with van der Waals surface area (Å²) < 4.78 is 23.6. The van der Waals surface area contributed by atoms with E-state index in [0.29, 0.717) is 5.82 Å². The Hall–Kier alpha value is -1.18. The lowest BCUT2D eigenvalue weighted by atomic mass is 10.1. The zero-order valence-electron chi connectivity index (χ0n) is 13.6. The highest BCUT2D eigenvalue weighted by molar-refractivity contribution is 7.90. The van der Waals surface area contributed by atoms with Crippen LogP contribution in [0.5, 0.6) is 0 Å². The van der Waals surface area contributed by atoms with Crippen LogP contribution in [0.3, 0.4) is 0 Å². The van der Waals surface area contributed by atoms with Crippen LogP contribution >= 0.6 is 0 Å². The van der Waals surface area contributed by atoms with Crippen molar-refractivity contribution in [3.8, 4) is 0 Å². The molecule has 124 valence electrons. The van der Waals surface area contributed by atoms with E-state index in [0.717, 1.165) is 39.0 Å². The molecule has 0 bridgehead atoms. The van der Waals surface area contributed by atoms with Crippen molar-refractivity contribution in [3.63, 3.8) is 0 Å². The number of hydrogen-bond donors (Lipinski definition) is 1. The van der Waals surface area contributed by atoms with Crippen molar-refractivity contribution < 1.29 is 8.42 Å². The van der Waals surface area contributed by atoms with Crippen LogP contribution in [-0.2, 0) is 9.84 Å². The maximum Gasteiger partial charge on any atom is 0.179 e. The van der Waals surface area contributed by atoms with E-state index in [2.05, 4.69) is 34.2 Å². The van der Waals surface area contributed by atoms with Crippen molar-refractivity contribution in [1.29, 1.82) is 0 Å². The lowest BCUT2D eigenvalue weighted by Crippen LogP contribution is -2.42. The molecule has 0 radical (unpaired) electrons. The number of hydrogen-bond acceptors (Lipinski definition) is 6. The van der Waals surface area contributed by atoms with Gasteiger partial charge in [-0.1, -0.05) is 0 Å². The van der Waals surface area contributed by atoms with E-state index in [-0.39, 0.29) is 10.9 Å². The molecule has 0 atom stereocenters. The molecule has 0 unspecified atom stereocenters. The molecular weight excluding hydrogens is 300 g/mol. The van der Waals surface area contributed by atoms with Gasteiger partial charge in [0.05, 0.1) is 0 Å². The van der Waals surface area contributed by atoms with Gasteiger partial charge in [0.1, 0.15) is 10.7 Å². The molecule has 7 heteroatoms. The van der Waals surface area contributed by atoms with Crippen molar-refractivity contribution >= 4 is 15.7 Å². The summed E-state index contributed by atoms with van der Waals surface area (Å²) in [6, 6.07) is 3.55. The third-order valence-electron chi connectivity index (χ3n) is 3.96. The molecular formula is C15H26N4O2S. The van der Waals surface area contributed by atoms with Crippen LogP contribution in [0.15, 0.2) is 23.2 Å². The van der Waals surface area contributed by atoms with Gasteiger partial charge in [0, 0.05) is 44.7 Å². The molecule has 0 saturated carbocycles. The predicted octanol–water partition coefficient (Wildman–Crippen LogP) is 0.923. The Labute approximate surface area is 133 Å². The normalized spacial score (nSPS) is 17.8. The minimum absolute atomic E-state index is 0.282. The summed E-state index contributed by atoms with van der Waals surface area (Å²) in [6.45, 7) is 4.22. The fourth-order valence-corrected chi connectivity index (χ4v) is 3.42. The second-order valence-corrected chi connectivity index (χ2v) is 8.17. The summed E-state index contributed by atoms with van der Waals surface area (Å²) in [5.41, 5.74) is 0. The minimum Gasteiger partial charge on any atom is -0.366 e. The zero-order valence-corrected chi connectivity index (χ0v) is 14.4. The third-order valence-corrected chi connectivity index (χ3v) is 5.09. The maximum atomic E-state index is 11.8. The van der Waals surface area contributed by atoms with Gasteiger partial charge in [-0.15, -0.1) is 0 Å². The van der Waals surface area contributed by atoms with Crippen molar-refractivity contribution in [2.75, 3.05) is 51.8 Å². The fraction of sp³-hybridized carbons (Fsp3) is 0.667. The van der Waals surface area contributed by atoms with Crippen molar-refractivity contribution in [2.24, 2.45) is 0 Å². The second-order valence-electron chi connectivity index (χ2n) is 6.19. The molecule has 1 N–H and O–H groups in total. The molecule has 1 aliphatic rings. The SMILES string of the molecule is CN(C)CCN1CCC(Nc2ncccc2S(C)(=O)=O)CC1. The van der Waals surface area contributed by atoms with Crippen LogP contribution in [0, 0.1) is 0 Å². The van der Waals surface area contributed by atoms with Gasteiger partial charge in [-0.2, -0.15) is 0 Å². The summed E-state index contributed by atoms with van der Waals surface area (Å²) in [5.74, 6) is 0.483. The quantitative estimate of drug-likeness (QED) is 0.839. The molecule has 0 spiro atoms. The lowest BCUT2D eigenvalue weighted by molar-refractivity contribution is 0.199. The van der Waals surface area contributed by atoms with Crippen LogP contribution in [0.4, 0.5) is 5.82 Å². The number of sulfone groups is 1. The predicted molar refractivity (Wildman–Crippen MR) is 89.0 cm³/mol. The van der Waals surface area contributed by atoms with E-state index >= 15 is 0 Å². The number of pyridine rings is 1. The summed E-state index contributed by atoms with van der Waals surface area (Å²) in [7, 11) is 0.917. The van der Waals surface area contributed by atoms with Crippen LogP contribution in [0.2, 0.25) is 0 Å². The number of rotatable bonds is 6. The summed E-state index contributed by atoms with van der Waals surface area (Å²) >= 11 is 0. The Morgan fingerprint density at radius 2 is 2.05 bits per heavy atom. The van der Waals surface area contributed by atoms with Gasteiger partial charge >= 0.3 is 0 Å². The van der Waals surface area contributed by atoms with Gasteiger partial charge in [-0.25, -0.2) is 13.4 Å². The number of piperidine rings is 1. The van der Waals surface area contributed by atoms with Gasteiger partial charge in [0.25, 0.3) is 0 Å². The van der Waals surface area contributed by atoms with Crippen LogP contribution in [0.25, 0.3) is 0 Å². The number of likely N-dealkylation sites (tertiary alicyclic amines) is 1. The first kappa shape index (κ1) is 17.2. The zero-order chi connectivity index (χ0) is 16.2. The van der Waals surface area contributed by atoms with Crippen molar-refractivity contribution in [3.05, 3.63) is 18.3 Å². The van der Waals surface area contributed by atoms with Gasteiger partial charge in [-0.3, -0.25) is 0 Å². The molecule has 0 amide bonds. The molecule has 1 saturated heterocycles. The first-order valence-electron chi connectivity index (χ1n) is 7.65. The smallest absolute Gasteiger partial charge is 0.179 e. The molecule has 1 aliphatic heterocycles. The molecule has 2 rings (SSSR count). The number of anilines is 1. The summed E-state index contributed by atoms with van der Waals surface area (Å²) in [6.07, 6.45) is 4.86. The number of nitrogens with zero attached hydrogens (tertiary/aromatic N) is 3. The molecule has 0 aliphatic carbocycles. The van der Waals surface area contributed by atoms with E-state index in [1.54, 1.807) is 18.3 Å². The summed E-state index contributed by atoms with van der Waals surface area (Å²) in [4.78, 5) is 9.13. The van der Waals surface area contributed by atoms with Crippen LogP contribution < -0.4 is 5.32 Å². The van der Waals surface area contributed by atoms with E-state index in [4.69, 9.17) is 0 Å². The Balaban J connectivity index is 1.92. The largest absolute Gasteiger partial charge is 0.366 e. The fourth-order valence-electron chi connectivity index (χ4n) is 2.63. The number of nitrogens with one attached hydrogen (secondary N) is 1. The first-order chi connectivity index (χ1) is 10.4. The number of likely N-dealkylation sites (N-methyl/N-ethyl adjacent to an activating group) is 1. The third kappa shape index (κ3) is 4.93. The van der Waals surface area contributed by atoms with E-state index in [1.165, 1.54) is 6.26 Å². The minimum atomic E-state index is -3.25. The molecule has 6 nitrogen and oxygen atoms in total. The Kier molecular flexibility index (Phi) is 5.77. The molecule has 1 aromatic rings. The average Bonchev–Trinajstić information content (AvgIpc) is 2.46. The lowest BCUT2D eigenvalue weighted by Gasteiger charge is -2.33. The highest BCUT2D eigenvalue weighted by atomic mass is 32.2. The number of aromatic nitrogens is 1. The topological polar surface area (TPSA) is 65.5 Å². The van der Waals surface area contributed by atoms with Crippen molar-refractivity contribution in [1.82, 2.24) is 14.8 Å². The first-order valence-corrected chi connectivity index (χ1v) is 9.54. The van der Waals surface area contributed by atoms with Gasteiger partial charge in [0.2, 0.25) is 0 Å². The maximum absolute atomic E-state index is 11.8. The summed E-state index contributed by atoms with van der Waals surface area (Å²) in [5, 5.41) is 3.31. The van der Waals surface area contributed by atoms with E-state index < -0.39 is 9.84 Å². The monoisotopic (exact) mass is 326 g/mol. The Morgan fingerprint density at radius 3 is 2.64 bits per heavy atom. The van der Waals surface area contributed by atoms with E-state index in [1.807, 2.05) is 0 Å². The molecule has 22 heavy (non-hydrogen) atoms. The molecule has 0 aromatic carbocycles. The molecule has 1 fully saturated rings. The van der Waals surface area contributed by atoms with Crippen molar-refractivity contribution in [2.45, 2.75) is 23.8 Å². The second kappa shape index (κ2) is 7.39. The standard InChI is InChI=1S/C15H26N4O2S/c1-18(2)11-12-19-9-6-13(7-10-19)17-15-14(22(3,20)21)5-4-8-16-15/h4-5,8,13H,6-7,9-12H2,1-3H3,(H,16,17). The molecule has 2 heterocycles. The van der Waals surface area contributed by atoms with Crippen LogP contribution in [-0.4, -0.2) is 75.8 Å².